The fourth-order valence-corrected chi connectivity index (χ4v) is 2.61. The molecule has 1 unspecified atom stereocenters. The molecule has 0 radical (unpaired) electrons. The summed E-state index contributed by atoms with van der Waals surface area (Å²) in [6.45, 7) is 2.39. The third kappa shape index (κ3) is 3.98. The first-order valence-corrected chi connectivity index (χ1v) is 7.84. The van der Waals surface area contributed by atoms with Crippen molar-refractivity contribution in [2.45, 2.75) is 24.1 Å². The number of nitrogens with one attached hydrogen (secondary N) is 2. The molecule has 0 aromatic heterocycles. The molecular formula is C9H16Cl2N2O3S. The van der Waals surface area contributed by atoms with Crippen LogP contribution in [-0.4, -0.2) is 38.0 Å². The maximum absolute atomic E-state index is 11.7. The van der Waals surface area contributed by atoms with E-state index in [1.165, 1.54) is 0 Å². The Morgan fingerprint density at radius 1 is 1.35 bits per heavy atom. The minimum Gasteiger partial charge on any atom is -0.355 e. The van der Waals surface area contributed by atoms with E-state index in [0.717, 1.165) is 6.26 Å². The monoisotopic (exact) mass is 302 g/mol. The van der Waals surface area contributed by atoms with Crippen molar-refractivity contribution < 1.29 is 13.2 Å². The zero-order valence-electron chi connectivity index (χ0n) is 9.72. The fourth-order valence-electron chi connectivity index (χ4n) is 1.39. The van der Waals surface area contributed by atoms with Crippen molar-refractivity contribution in [2.24, 2.45) is 5.41 Å². The van der Waals surface area contributed by atoms with E-state index in [-0.39, 0.29) is 5.91 Å². The molecule has 100 valence electrons. The Kier molecular flexibility index (Phi) is 4.34. The lowest BCUT2D eigenvalue weighted by atomic mass is 10.1. The van der Waals surface area contributed by atoms with Gasteiger partial charge in [0.2, 0.25) is 15.9 Å². The summed E-state index contributed by atoms with van der Waals surface area (Å²) in [6.07, 6.45) is 2.05. The van der Waals surface area contributed by atoms with Crippen LogP contribution in [-0.2, 0) is 14.8 Å². The van der Waals surface area contributed by atoms with Crippen LogP contribution >= 0.6 is 23.2 Å². The van der Waals surface area contributed by atoms with Crippen LogP contribution in [0.1, 0.15) is 19.8 Å². The second kappa shape index (κ2) is 4.91. The second-order valence-corrected chi connectivity index (χ2v) is 7.81. The minimum atomic E-state index is -3.16. The predicted octanol–water partition coefficient (Wildman–Crippen LogP) is 0.626. The van der Waals surface area contributed by atoms with E-state index in [1.807, 2.05) is 0 Å². The van der Waals surface area contributed by atoms with Crippen LogP contribution in [0.5, 0.6) is 0 Å². The number of rotatable bonds is 6. The van der Waals surface area contributed by atoms with Gasteiger partial charge in [-0.25, -0.2) is 13.1 Å². The molecule has 0 spiro atoms. The van der Waals surface area contributed by atoms with Gasteiger partial charge in [-0.05, 0) is 19.8 Å². The smallest absolute Gasteiger partial charge is 0.229 e. The molecule has 1 amide bonds. The van der Waals surface area contributed by atoms with E-state index in [0.29, 0.717) is 25.9 Å². The Labute approximate surface area is 111 Å². The van der Waals surface area contributed by atoms with Crippen LogP contribution in [0.15, 0.2) is 0 Å². The number of alkyl halides is 2. The molecular weight excluding hydrogens is 287 g/mol. The van der Waals surface area contributed by atoms with Crippen molar-refractivity contribution in [1.29, 1.82) is 0 Å². The molecule has 2 N–H and O–H groups in total. The molecule has 1 rings (SSSR count). The quantitative estimate of drug-likeness (QED) is 0.558. The zero-order chi connectivity index (χ0) is 13.3. The molecule has 5 nitrogen and oxygen atoms in total. The number of carbonyl (C=O) groups is 1. The summed E-state index contributed by atoms with van der Waals surface area (Å²) in [5.41, 5.74) is -0.722. The van der Waals surface area contributed by atoms with Crippen LogP contribution in [0.2, 0.25) is 0 Å². The SMILES string of the molecule is CC1(C(=O)NCCCNS(C)(=O)=O)CC1(Cl)Cl. The van der Waals surface area contributed by atoms with Crippen LogP contribution < -0.4 is 10.0 Å². The van der Waals surface area contributed by atoms with Gasteiger partial charge in [0.25, 0.3) is 0 Å². The number of carbonyl (C=O) groups excluding carboxylic acids is 1. The maximum atomic E-state index is 11.7. The zero-order valence-corrected chi connectivity index (χ0v) is 12.0. The molecule has 0 aromatic carbocycles. The lowest BCUT2D eigenvalue weighted by Crippen LogP contribution is -2.35. The average molecular weight is 303 g/mol. The highest BCUT2D eigenvalue weighted by Gasteiger charge is 2.67. The highest BCUT2D eigenvalue weighted by Crippen LogP contribution is 2.63. The Morgan fingerprint density at radius 3 is 2.29 bits per heavy atom. The van der Waals surface area contributed by atoms with E-state index in [2.05, 4.69) is 10.0 Å². The molecule has 1 aliphatic rings. The normalized spacial score (nSPS) is 26.6. The summed E-state index contributed by atoms with van der Waals surface area (Å²) in [5.74, 6) is -0.193. The van der Waals surface area contributed by atoms with Gasteiger partial charge < -0.3 is 5.32 Å². The molecule has 1 atom stereocenters. The Bertz CT molecular complexity index is 410. The van der Waals surface area contributed by atoms with Gasteiger partial charge in [0.15, 0.2) is 0 Å². The first-order valence-electron chi connectivity index (χ1n) is 5.19. The van der Waals surface area contributed by atoms with Crippen molar-refractivity contribution >= 4 is 39.1 Å². The van der Waals surface area contributed by atoms with E-state index >= 15 is 0 Å². The minimum absolute atomic E-state index is 0.193. The van der Waals surface area contributed by atoms with E-state index < -0.39 is 19.8 Å². The highest BCUT2D eigenvalue weighted by atomic mass is 35.5. The first kappa shape index (κ1) is 15.0. The Balaban J connectivity index is 2.19. The summed E-state index contributed by atoms with van der Waals surface area (Å²) >= 11 is 11.7. The van der Waals surface area contributed by atoms with Crippen LogP contribution in [0, 0.1) is 5.41 Å². The third-order valence-corrected chi connectivity index (χ3v) is 4.59. The molecule has 17 heavy (non-hydrogen) atoms. The lowest BCUT2D eigenvalue weighted by molar-refractivity contribution is -0.125. The molecule has 0 heterocycles. The number of hydrogen-bond acceptors (Lipinski definition) is 3. The summed E-state index contributed by atoms with van der Waals surface area (Å²) in [4.78, 5) is 11.7. The number of amides is 1. The molecule has 1 saturated carbocycles. The molecule has 0 saturated heterocycles. The summed E-state index contributed by atoms with van der Waals surface area (Å²) < 4.78 is 22.9. The molecule has 1 aliphatic carbocycles. The topological polar surface area (TPSA) is 75.3 Å². The summed E-state index contributed by atoms with van der Waals surface area (Å²) in [5, 5.41) is 2.68. The summed E-state index contributed by atoms with van der Waals surface area (Å²) in [6, 6.07) is 0. The van der Waals surface area contributed by atoms with Gasteiger partial charge in [-0.2, -0.15) is 0 Å². The van der Waals surface area contributed by atoms with Gasteiger partial charge in [0.1, 0.15) is 4.33 Å². The van der Waals surface area contributed by atoms with Gasteiger partial charge in [0, 0.05) is 13.1 Å². The van der Waals surface area contributed by atoms with Gasteiger partial charge >= 0.3 is 0 Å². The molecule has 8 heteroatoms. The van der Waals surface area contributed by atoms with E-state index in [1.54, 1.807) is 6.92 Å². The molecule has 0 bridgehead atoms. The second-order valence-electron chi connectivity index (χ2n) is 4.49. The van der Waals surface area contributed by atoms with Gasteiger partial charge in [-0.1, -0.05) is 0 Å². The van der Waals surface area contributed by atoms with E-state index in [4.69, 9.17) is 23.2 Å². The van der Waals surface area contributed by atoms with Gasteiger partial charge in [-0.3, -0.25) is 4.79 Å². The fraction of sp³-hybridized carbons (Fsp3) is 0.889. The first-order chi connectivity index (χ1) is 7.58. The average Bonchev–Trinajstić information content (AvgIpc) is 2.64. The van der Waals surface area contributed by atoms with Crippen LogP contribution in [0.3, 0.4) is 0 Å². The number of sulfonamides is 1. The maximum Gasteiger partial charge on any atom is 0.229 e. The molecule has 0 aromatic rings. The number of hydrogen-bond donors (Lipinski definition) is 2. The van der Waals surface area contributed by atoms with Crippen LogP contribution in [0.4, 0.5) is 0 Å². The van der Waals surface area contributed by atoms with Crippen molar-refractivity contribution in [1.82, 2.24) is 10.0 Å². The van der Waals surface area contributed by atoms with Crippen molar-refractivity contribution in [3.8, 4) is 0 Å². The molecule has 0 aliphatic heterocycles. The lowest BCUT2D eigenvalue weighted by Gasteiger charge is -2.12. The van der Waals surface area contributed by atoms with Crippen molar-refractivity contribution in [3.05, 3.63) is 0 Å². The Morgan fingerprint density at radius 2 is 1.88 bits per heavy atom. The standard InChI is InChI=1S/C9H16Cl2N2O3S/c1-8(6-9(8,10)11)7(14)12-4-3-5-13-17(2,15)16/h13H,3-6H2,1-2H3,(H,12,14). The van der Waals surface area contributed by atoms with Crippen molar-refractivity contribution in [3.63, 3.8) is 0 Å². The number of halogens is 2. The van der Waals surface area contributed by atoms with Crippen molar-refractivity contribution in [2.75, 3.05) is 19.3 Å². The third-order valence-electron chi connectivity index (χ3n) is 2.76. The Hall–Kier alpha value is -0.0400. The summed E-state index contributed by atoms with van der Waals surface area (Å²) in [7, 11) is -3.16. The van der Waals surface area contributed by atoms with Gasteiger partial charge in [0.05, 0.1) is 11.7 Å². The predicted molar refractivity (Wildman–Crippen MR) is 67.6 cm³/mol. The van der Waals surface area contributed by atoms with Gasteiger partial charge in [-0.15, -0.1) is 23.2 Å². The highest BCUT2D eigenvalue weighted by molar-refractivity contribution is 7.88. The van der Waals surface area contributed by atoms with Crippen LogP contribution in [0.25, 0.3) is 0 Å². The molecule has 1 fully saturated rings. The largest absolute Gasteiger partial charge is 0.355 e. The van der Waals surface area contributed by atoms with E-state index in [9.17, 15) is 13.2 Å².